The van der Waals surface area contributed by atoms with Crippen molar-refractivity contribution in [3.8, 4) is 5.75 Å². The Balaban J connectivity index is 1.52. The molecule has 0 saturated heterocycles. The van der Waals surface area contributed by atoms with Gasteiger partial charge in [0, 0.05) is 11.8 Å². The number of imidazole rings is 1. The summed E-state index contributed by atoms with van der Waals surface area (Å²) in [7, 11) is 0. The van der Waals surface area contributed by atoms with E-state index < -0.39 is 0 Å². The third-order valence-electron chi connectivity index (χ3n) is 2.91. The number of benzene rings is 2. The Morgan fingerprint density at radius 2 is 2.05 bits per heavy atom. The molecule has 0 aliphatic heterocycles. The van der Waals surface area contributed by atoms with Gasteiger partial charge in [0.1, 0.15) is 12.4 Å². The molecule has 0 spiro atoms. The van der Waals surface area contributed by atoms with Crippen LogP contribution in [0.2, 0.25) is 0 Å². The van der Waals surface area contributed by atoms with Gasteiger partial charge in [-0.25, -0.2) is 4.98 Å². The second-order valence-corrected chi connectivity index (χ2v) is 4.45. The van der Waals surface area contributed by atoms with Crippen LogP contribution in [0.15, 0.2) is 48.5 Å². The molecule has 0 atom stereocenters. The number of aromatic amines is 1. The van der Waals surface area contributed by atoms with Crippen LogP contribution in [0, 0.1) is 0 Å². The molecule has 0 unspecified atom stereocenters. The molecule has 2 aromatic carbocycles. The molecule has 5 heteroatoms. The predicted octanol–water partition coefficient (Wildman–Crippen LogP) is 2.64. The van der Waals surface area contributed by atoms with E-state index in [0.717, 1.165) is 22.7 Å². The Kier molecular flexibility index (Phi) is 3.41. The van der Waals surface area contributed by atoms with Crippen LogP contribution in [-0.2, 0) is 0 Å². The van der Waals surface area contributed by atoms with Crippen molar-refractivity contribution >= 4 is 22.7 Å². The summed E-state index contributed by atoms with van der Waals surface area (Å²) in [4.78, 5) is 7.63. The van der Waals surface area contributed by atoms with Crippen LogP contribution >= 0.6 is 0 Å². The fraction of sp³-hybridized carbons (Fsp3) is 0.133. The van der Waals surface area contributed by atoms with Crippen LogP contribution < -0.4 is 15.8 Å². The van der Waals surface area contributed by atoms with E-state index in [1.165, 1.54) is 0 Å². The van der Waals surface area contributed by atoms with E-state index in [-0.39, 0.29) is 0 Å². The Hall–Kier alpha value is -2.69. The smallest absolute Gasteiger partial charge is 0.201 e. The van der Waals surface area contributed by atoms with E-state index in [1.807, 2.05) is 42.5 Å². The van der Waals surface area contributed by atoms with Gasteiger partial charge in [-0.05, 0) is 24.3 Å². The summed E-state index contributed by atoms with van der Waals surface area (Å²) in [5.74, 6) is 1.53. The van der Waals surface area contributed by atoms with Gasteiger partial charge in [0.15, 0.2) is 0 Å². The quantitative estimate of drug-likeness (QED) is 0.491. The van der Waals surface area contributed by atoms with E-state index >= 15 is 0 Å². The average molecular weight is 268 g/mol. The first kappa shape index (κ1) is 12.3. The minimum Gasteiger partial charge on any atom is -0.492 e. The lowest BCUT2D eigenvalue weighted by atomic mass is 10.3. The maximum Gasteiger partial charge on any atom is 0.201 e. The van der Waals surface area contributed by atoms with Crippen LogP contribution in [-0.4, -0.2) is 23.1 Å². The van der Waals surface area contributed by atoms with E-state index in [1.54, 1.807) is 6.07 Å². The number of hydrogen-bond acceptors (Lipinski definition) is 4. The van der Waals surface area contributed by atoms with E-state index in [2.05, 4.69) is 15.3 Å². The summed E-state index contributed by atoms with van der Waals surface area (Å²) in [6, 6.07) is 15.3. The molecule has 0 bridgehead atoms. The maximum atomic E-state index is 5.69. The maximum absolute atomic E-state index is 5.69. The Labute approximate surface area is 116 Å². The summed E-state index contributed by atoms with van der Waals surface area (Å²) in [6.07, 6.45) is 0. The van der Waals surface area contributed by atoms with Gasteiger partial charge in [-0.3, -0.25) is 0 Å². The lowest BCUT2D eigenvalue weighted by Gasteiger charge is -2.07. The van der Waals surface area contributed by atoms with Gasteiger partial charge >= 0.3 is 0 Å². The van der Waals surface area contributed by atoms with Gasteiger partial charge in [-0.2, -0.15) is 0 Å². The van der Waals surface area contributed by atoms with Crippen LogP contribution in [0.5, 0.6) is 5.75 Å². The molecular weight excluding hydrogens is 252 g/mol. The summed E-state index contributed by atoms with van der Waals surface area (Å²) < 4.78 is 5.60. The number of para-hydroxylation sites is 2. The average Bonchev–Trinajstić information content (AvgIpc) is 2.86. The highest BCUT2D eigenvalue weighted by atomic mass is 16.5. The van der Waals surface area contributed by atoms with Crippen molar-refractivity contribution in [1.29, 1.82) is 0 Å². The molecule has 0 aliphatic carbocycles. The van der Waals surface area contributed by atoms with Crippen LogP contribution in [0.1, 0.15) is 0 Å². The lowest BCUT2D eigenvalue weighted by molar-refractivity contribution is 0.333. The Morgan fingerprint density at radius 1 is 1.15 bits per heavy atom. The number of nitrogens with zero attached hydrogens (tertiary/aromatic N) is 1. The lowest BCUT2D eigenvalue weighted by Crippen LogP contribution is -2.12. The second-order valence-electron chi connectivity index (χ2n) is 4.45. The minimum atomic E-state index is 0.542. The highest BCUT2D eigenvalue weighted by molar-refractivity contribution is 5.77. The van der Waals surface area contributed by atoms with Gasteiger partial charge in [-0.1, -0.05) is 18.2 Å². The molecule has 1 heterocycles. The number of hydrogen-bond donors (Lipinski definition) is 3. The fourth-order valence-corrected chi connectivity index (χ4v) is 1.98. The molecule has 3 aromatic rings. The fourth-order valence-electron chi connectivity index (χ4n) is 1.98. The van der Waals surface area contributed by atoms with Crippen LogP contribution in [0.3, 0.4) is 0 Å². The molecule has 4 N–H and O–H groups in total. The standard InChI is InChI=1S/C15H16N4O/c16-11-4-3-5-12(10-11)20-9-8-17-15-18-13-6-1-2-7-14(13)19-15/h1-7,10H,8-9,16H2,(H2,17,18,19). The molecule has 20 heavy (non-hydrogen) atoms. The van der Waals surface area contributed by atoms with Crippen molar-refractivity contribution < 1.29 is 4.74 Å². The number of fused-ring (bicyclic) bond motifs is 1. The van der Waals surface area contributed by atoms with Crippen LogP contribution in [0.4, 0.5) is 11.6 Å². The largest absolute Gasteiger partial charge is 0.492 e. The third kappa shape index (κ3) is 2.83. The number of anilines is 2. The zero-order valence-corrected chi connectivity index (χ0v) is 11.0. The first-order chi connectivity index (χ1) is 9.81. The predicted molar refractivity (Wildman–Crippen MR) is 80.9 cm³/mol. The van der Waals surface area contributed by atoms with E-state index in [9.17, 15) is 0 Å². The van der Waals surface area contributed by atoms with Crippen molar-refractivity contribution in [2.24, 2.45) is 0 Å². The molecule has 0 fully saturated rings. The van der Waals surface area contributed by atoms with Gasteiger partial charge in [0.2, 0.25) is 5.95 Å². The molecule has 102 valence electrons. The first-order valence-electron chi connectivity index (χ1n) is 6.48. The van der Waals surface area contributed by atoms with Crippen molar-refractivity contribution in [3.63, 3.8) is 0 Å². The highest BCUT2D eigenvalue weighted by Crippen LogP contribution is 2.15. The van der Waals surface area contributed by atoms with Crippen molar-refractivity contribution in [2.75, 3.05) is 24.2 Å². The zero-order valence-electron chi connectivity index (χ0n) is 11.0. The van der Waals surface area contributed by atoms with Gasteiger partial charge in [0.05, 0.1) is 17.6 Å². The number of rotatable bonds is 5. The second kappa shape index (κ2) is 5.52. The molecule has 0 aliphatic rings. The SMILES string of the molecule is Nc1cccc(OCCNc2nc3ccccc3[nH]2)c1. The summed E-state index contributed by atoms with van der Waals surface area (Å²) in [5, 5.41) is 3.20. The van der Waals surface area contributed by atoms with E-state index in [0.29, 0.717) is 18.8 Å². The monoisotopic (exact) mass is 268 g/mol. The number of aromatic nitrogens is 2. The molecule has 0 saturated carbocycles. The van der Waals surface area contributed by atoms with Crippen molar-refractivity contribution in [3.05, 3.63) is 48.5 Å². The Bertz CT molecular complexity index is 675. The van der Waals surface area contributed by atoms with Crippen LogP contribution in [0.25, 0.3) is 11.0 Å². The topological polar surface area (TPSA) is 76.0 Å². The van der Waals surface area contributed by atoms with Crippen molar-refractivity contribution in [1.82, 2.24) is 9.97 Å². The number of ether oxygens (including phenoxy) is 1. The van der Waals surface area contributed by atoms with Gasteiger partial charge in [-0.15, -0.1) is 0 Å². The Morgan fingerprint density at radius 3 is 2.90 bits per heavy atom. The number of nitrogens with two attached hydrogens (primary N) is 1. The summed E-state index contributed by atoms with van der Waals surface area (Å²) in [6.45, 7) is 1.20. The normalized spacial score (nSPS) is 10.6. The first-order valence-corrected chi connectivity index (χ1v) is 6.48. The highest BCUT2D eigenvalue weighted by Gasteiger charge is 2.00. The number of H-pyrrole nitrogens is 1. The number of nitrogens with one attached hydrogen (secondary N) is 2. The zero-order chi connectivity index (χ0) is 13.8. The molecular formula is C15H16N4O. The third-order valence-corrected chi connectivity index (χ3v) is 2.91. The molecule has 5 nitrogen and oxygen atoms in total. The van der Waals surface area contributed by atoms with Crippen molar-refractivity contribution in [2.45, 2.75) is 0 Å². The molecule has 3 rings (SSSR count). The van der Waals surface area contributed by atoms with E-state index in [4.69, 9.17) is 10.5 Å². The molecule has 0 radical (unpaired) electrons. The number of nitrogen functional groups attached to an aromatic ring is 1. The summed E-state index contributed by atoms with van der Waals surface area (Å²) >= 11 is 0. The van der Waals surface area contributed by atoms with Gasteiger partial charge in [0.25, 0.3) is 0 Å². The summed E-state index contributed by atoms with van der Waals surface area (Å²) in [5.41, 5.74) is 8.36. The molecule has 1 aromatic heterocycles. The minimum absolute atomic E-state index is 0.542. The molecule has 0 amide bonds. The van der Waals surface area contributed by atoms with Gasteiger partial charge < -0.3 is 20.8 Å².